The summed E-state index contributed by atoms with van der Waals surface area (Å²) in [6.45, 7) is 1.66. The number of benzene rings is 1. The topological polar surface area (TPSA) is 120 Å². The van der Waals surface area contributed by atoms with E-state index in [9.17, 15) is 14.7 Å². The fourth-order valence-electron chi connectivity index (χ4n) is 1.63. The highest BCUT2D eigenvalue weighted by molar-refractivity contribution is 7.17. The van der Waals surface area contributed by atoms with Crippen LogP contribution >= 0.6 is 11.3 Å². The van der Waals surface area contributed by atoms with Crippen molar-refractivity contribution in [1.29, 1.82) is 0 Å². The monoisotopic (exact) mass is 303 g/mol. The second kappa shape index (κ2) is 6.14. The van der Waals surface area contributed by atoms with Crippen LogP contribution in [0.3, 0.4) is 0 Å². The van der Waals surface area contributed by atoms with Crippen LogP contribution in [0.2, 0.25) is 0 Å². The van der Waals surface area contributed by atoms with Crippen LogP contribution in [-0.2, 0) is 0 Å². The molecule has 2 aromatic rings. The van der Waals surface area contributed by atoms with Crippen LogP contribution in [0.4, 0.5) is 5.13 Å². The molecule has 3 N–H and O–H groups in total. The Balaban J connectivity index is 2.11. The van der Waals surface area contributed by atoms with Gasteiger partial charge in [0, 0.05) is 11.1 Å². The number of carboxylic acids is 1. The Morgan fingerprint density at radius 2 is 2.14 bits per heavy atom. The standard InChI is InChI=1S/C13H12N4O3S/c1-7-10(21-13(14)16-7)11(18)17-15-6-8-4-2-3-5-9(8)12(19)20/h2-6H,1H3,(H2,14,16)(H,17,18)(H,19,20)/p-1. The molecule has 1 aromatic heterocycles. The molecule has 0 bridgehead atoms. The van der Waals surface area contributed by atoms with Gasteiger partial charge < -0.3 is 15.6 Å². The number of hydrogen-bond donors (Lipinski definition) is 2. The molecule has 2 rings (SSSR count). The number of hydrazone groups is 1. The number of thiazole rings is 1. The summed E-state index contributed by atoms with van der Waals surface area (Å²) in [6, 6.07) is 6.18. The lowest BCUT2D eigenvalue weighted by molar-refractivity contribution is -0.255. The Bertz CT molecular complexity index is 724. The molecular formula is C13H11N4O3S-. The average Bonchev–Trinajstić information content (AvgIpc) is 2.78. The first-order chi connectivity index (χ1) is 9.99. The van der Waals surface area contributed by atoms with E-state index in [1.165, 1.54) is 12.3 Å². The van der Waals surface area contributed by atoms with Crippen molar-refractivity contribution in [2.75, 3.05) is 5.73 Å². The van der Waals surface area contributed by atoms with Crippen LogP contribution in [0.1, 0.15) is 31.3 Å². The van der Waals surface area contributed by atoms with E-state index < -0.39 is 11.9 Å². The number of carbonyl (C=O) groups is 2. The third-order valence-corrected chi connectivity index (χ3v) is 3.56. The van der Waals surface area contributed by atoms with Crippen molar-refractivity contribution in [3.05, 3.63) is 46.0 Å². The lowest BCUT2D eigenvalue weighted by atomic mass is 10.1. The van der Waals surface area contributed by atoms with Crippen molar-refractivity contribution in [1.82, 2.24) is 10.4 Å². The number of carboxylic acid groups (broad SMARTS) is 1. The van der Waals surface area contributed by atoms with Crippen molar-refractivity contribution in [2.45, 2.75) is 6.92 Å². The molecule has 0 saturated heterocycles. The maximum absolute atomic E-state index is 11.8. The van der Waals surface area contributed by atoms with Gasteiger partial charge in [-0.25, -0.2) is 10.4 Å². The second-order valence-corrected chi connectivity index (χ2v) is 5.07. The van der Waals surface area contributed by atoms with E-state index in [0.717, 1.165) is 11.3 Å². The van der Waals surface area contributed by atoms with E-state index in [-0.39, 0.29) is 5.56 Å². The van der Waals surface area contributed by atoms with E-state index in [1.807, 2.05) is 0 Å². The fraction of sp³-hybridized carbons (Fsp3) is 0.0769. The number of aromatic carboxylic acids is 1. The summed E-state index contributed by atoms with van der Waals surface area (Å²) in [5.74, 6) is -1.77. The maximum Gasteiger partial charge on any atom is 0.283 e. The smallest absolute Gasteiger partial charge is 0.283 e. The molecule has 0 aliphatic heterocycles. The highest BCUT2D eigenvalue weighted by Crippen LogP contribution is 2.19. The maximum atomic E-state index is 11.8. The van der Waals surface area contributed by atoms with Crippen LogP contribution in [0.15, 0.2) is 29.4 Å². The van der Waals surface area contributed by atoms with Crippen molar-refractivity contribution in [3.8, 4) is 0 Å². The molecule has 21 heavy (non-hydrogen) atoms. The van der Waals surface area contributed by atoms with Crippen LogP contribution in [0.25, 0.3) is 0 Å². The van der Waals surface area contributed by atoms with Gasteiger partial charge in [-0.3, -0.25) is 4.79 Å². The summed E-state index contributed by atoms with van der Waals surface area (Å²) in [6.07, 6.45) is 1.24. The quantitative estimate of drug-likeness (QED) is 0.615. The number of aryl methyl sites for hydroxylation is 1. The largest absolute Gasteiger partial charge is 0.545 e. The molecule has 0 aliphatic carbocycles. The van der Waals surface area contributed by atoms with E-state index in [1.54, 1.807) is 25.1 Å². The Morgan fingerprint density at radius 1 is 1.43 bits per heavy atom. The molecule has 7 nitrogen and oxygen atoms in total. The zero-order valence-corrected chi connectivity index (χ0v) is 11.8. The molecular weight excluding hydrogens is 292 g/mol. The van der Waals surface area contributed by atoms with Gasteiger partial charge in [0.2, 0.25) is 0 Å². The number of hydrogen-bond acceptors (Lipinski definition) is 7. The first kappa shape index (κ1) is 14.7. The Hall–Kier alpha value is -2.74. The third kappa shape index (κ3) is 3.42. The van der Waals surface area contributed by atoms with Crippen LogP contribution in [-0.4, -0.2) is 23.1 Å². The van der Waals surface area contributed by atoms with Gasteiger partial charge in [-0.2, -0.15) is 5.10 Å². The minimum Gasteiger partial charge on any atom is -0.545 e. The van der Waals surface area contributed by atoms with E-state index in [4.69, 9.17) is 5.73 Å². The van der Waals surface area contributed by atoms with Gasteiger partial charge in [0.25, 0.3) is 5.91 Å². The average molecular weight is 303 g/mol. The molecule has 0 fully saturated rings. The zero-order chi connectivity index (χ0) is 15.4. The normalized spacial score (nSPS) is 10.7. The number of aromatic nitrogens is 1. The van der Waals surface area contributed by atoms with E-state index in [0.29, 0.717) is 21.3 Å². The molecule has 108 valence electrons. The van der Waals surface area contributed by atoms with Gasteiger partial charge in [0.15, 0.2) is 5.13 Å². The second-order valence-electron chi connectivity index (χ2n) is 4.04. The minimum absolute atomic E-state index is 0.00582. The van der Waals surface area contributed by atoms with Crippen molar-refractivity contribution in [2.24, 2.45) is 5.10 Å². The van der Waals surface area contributed by atoms with Crippen molar-refractivity contribution < 1.29 is 14.7 Å². The lowest BCUT2D eigenvalue weighted by Gasteiger charge is -2.05. The number of amides is 1. The number of nitrogens with one attached hydrogen (secondary N) is 1. The van der Waals surface area contributed by atoms with Crippen molar-refractivity contribution in [3.63, 3.8) is 0 Å². The molecule has 0 saturated carbocycles. The SMILES string of the molecule is Cc1nc(N)sc1C(=O)NN=Cc1ccccc1C(=O)[O-]. The number of carbonyl (C=O) groups excluding carboxylic acids is 2. The Labute approximate surface area is 124 Å². The van der Waals surface area contributed by atoms with Gasteiger partial charge in [-0.1, -0.05) is 35.6 Å². The van der Waals surface area contributed by atoms with Crippen LogP contribution < -0.4 is 16.3 Å². The summed E-state index contributed by atoms with van der Waals surface area (Å²) >= 11 is 1.05. The molecule has 1 heterocycles. The Morgan fingerprint density at radius 3 is 2.76 bits per heavy atom. The summed E-state index contributed by atoms with van der Waals surface area (Å²) in [7, 11) is 0. The van der Waals surface area contributed by atoms with Gasteiger partial charge in [-0.15, -0.1) is 0 Å². The van der Waals surface area contributed by atoms with Gasteiger partial charge in [0.1, 0.15) is 4.88 Å². The van der Waals surface area contributed by atoms with E-state index >= 15 is 0 Å². The molecule has 1 amide bonds. The van der Waals surface area contributed by atoms with Gasteiger partial charge in [-0.05, 0) is 6.92 Å². The highest BCUT2D eigenvalue weighted by atomic mass is 32.1. The first-order valence-electron chi connectivity index (χ1n) is 5.85. The predicted octanol–water partition coefficient (Wildman–Crippen LogP) is 0.161. The number of rotatable bonds is 4. The molecule has 0 spiro atoms. The summed E-state index contributed by atoms with van der Waals surface area (Å²) in [5, 5.41) is 14.9. The molecule has 8 heteroatoms. The van der Waals surface area contributed by atoms with Crippen LogP contribution in [0.5, 0.6) is 0 Å². The minimum atomic E-state index is -1.31. The number of nitrogens with two attached hydrogens (primary N) is 1. The Kier molecular flexibility index (Phi) is 4.29. The summed E-state index contributed by atoms with van der Waals surface area (Å²) in [5.41, 5.74) is 8.65. The highest BCUT2D eigenvalue weighted by Gasteiger charge is 2.13. The molecule has 0 atom stereocenters. The predicted molar refractivity (Wildman–Crippen MR) is 77.1 cm³/mol. The molecule has 0 aliphatic rings. The lowest BCUT2D eigenvalue weighted by Crippen LogP contribution is -2.24. The number of nitrogen functional groups attached to an aromatic ring is 1. The number of nitrogens with zero attached hydrogens (tertiary/aromatic N) is 2. The molecule has 1 aromatic carbocycles. The fourth-order valence-corrected chi connectivity index (χ4v) is 2.36. The van der Waals surface area contributed by atoms with Gasteiger partial charge in [0.05, 0.1) is 17.9 Å². The zero-order valence-electron chi connectivity index (χ0n) is 11.0. The van der Waals surface area contributed by atoms with Gasteiger partial charge >= 0.3 is 0 Å². The first-order valence-corrected chi connectivity index (χ1v) is 6.67. The van der Waals surface area contributed by atoms with E-state index in [2.05, 4.69) is 15.5 Å². The summed E-state index contributed by atoms with van der Waals surface area (Å²) in [4.78, 5) is 27.0. The molecule has 0 radical (unpaired) electrons. The third-order valence-electron chi connectivity index (χ3n) is 2.57. The summed E-state index contributed by atoms with van der Waals surface area (Å²) < 4.78 is 0. The molecule has 0 unspecified atom stereocenters. The van der Waals surface area contributed by atoms with Crippen molar-refractivity contribution >= 4 is 34.6 Å². The van der Waals surface area contributed by atoms with Crippen LogP contribution in [0, 0.1) is 6.92 Å². The number of anilines is 1.